The van der Waals surface area contributed by atoms with Gasteiger partial charge in [-0.3, -0.25) is 9.78 Å². The highest BCUT2D eigenvalue weighted by Gasteiger charge is 2.21. The van der Waals surface area contributed by atoms with Crippen molar-refractivity contribution in [1.82, 2.24) is 10.3 Å². The van der Waals surface area contributed by atoms with Crippen LogP contribution in [0.4, 0.5) is 0 Å². The molecule has 0 radical (unpaired) electrons. The summed E-state index contributed by atoms with van der Waals surface area (Å²) < 4.78 is 0. The first-order chi connectivity index (χ1) is 8.53. The van der Waals surface area contributed by atoms with E-state index in [1.165, 1.54) is 0 Å². The predicted molar refractivity (Wildman–Crippen MR) is 70.4 cm³/mol. The first-order valence-electron chi connectivity index (χ1n) is 5.81. The number of hydrogen-bond donors (Lipinski definition) is 2. The average Bonchev–Trinajstić information content (AvgIpc) is 2.37. The van der Waals surface area contributed by atoms with Gasteiger partial charge in [-0.25, -0.2) is 0 Å². The van der Waals surface area contributed by atoms with Gasteiger partial charge in [0.2, 0.25) is 0 Å². The van der Waals surface area contributed by atoms with Crippen LogP contribution in [0.2, 0.25) is 0 Å². The lowest BCUT2D eigenvalue weighted by molar-refractivity contribution is 0.0871. The number of fused-ring (bicyclic) bond motifs is 1. The summed E-state index contributed by atoms with van der Waals surface area (Å²) in [7, 11) is 0. The van der Waals surface area contributed by atoms with Crippen LogP contribution in [0, 0.1) is 0 Å². The third-order valence-corrected chi connectivity index (χ3v) is 2.74. The number of rotatable bonds is 3. The Kier molecular flexibility index (Phi) is 3.30. The fraction of sp³-hybridized carbons (Fsp3) is 0.286. The fourth-order valence-electron chi connectivity index (χ4n) is 1.71. The van der Waals surface area contributed by atoms with Crippen molar-refractivity contribution in [3.8, 4) is 0 Å². The molecular weight excluding hydrogens is 228 g/mol. The summed E-state index contributed by atoms with van der Waals surface area (Å²) in [5.41, 5.74) is 0.718. The van der Waals surface area contributed by atoms with E-state index in [1.807, 2.05) is 24.3 Å². The molecule has 0 aliphatic heterocycles. The van der Waals surface area contributed by atoms with Gasteiger partial charge in [0.1, 0.15) is 0 Å². The summed E-state index contributed by atoms with van der Waals surface area (Å²) in [6.45, 7) is 3.43. The molecule has 0 fully saturated rings. The molecule has 0 unspecified atom stereocenters. The van der Waals surface area contributed by atoms with Gasteiger partial charge in [0.05, 0.1) is 23.2 Å². The summed E-state index contributed by atoms with van der Waals surface area (Å²) in [6.07, 6.45) is 1.61. The van der Waals surface area contributed by atoms with Crippen LogP contribution >= 0.6 is 0 Å². The van der Waals surface area contributed by atoms with Gasteiger partial charge >= 0.3 is 0 Å². The van der Waals surface area contributed by atoms with E-state index in [-0.39, 0.29) is 12.5 Å². The Labute approximate surface area is 106 Å². The fourth-order valence-corrected chi connectivity index (χ4v) is 1.71. The molecule has 0 saturated carbocycles. The number of amides is 1. The van der Waals surface area contributed by atoms with Crippen molar-refractivity contribution >= 4 is 16.8 Å². The molecule has 1 heterocycles. The molecule has 2 rings (SSSR count). The smallest absolute Gasteiger partial charge is 0.252 e. The second-order valence-corrected chi connectivity index (χ2v) is 4.87. The van der Waals surface area contributed by atoms with E-state index in [4.69, 9.17) is 0 Å². The molecule has 0 aliphatic carbocycles. The molecule has 18 heavy (non-hydrogen) atoms. The molecule has 4 nitrogen and oxygen atoms in total. The summed E-state index contributed by atoms with van der Waals surface area (Å²) >= 11 is 0. The van der Waals surface area contributed by atoms with Crippen LogP contribution in [0.1, 0.15) is 24.2 Å². The number of pyridine rings is 1. The minimum atomic E-state index is -0.637. The van der Waals surface area contributed by atoms with E-state index in [1.54, 1.807) is 26.1 Å². The molecule has 0 spiro atoms. The summed E-state index contributed by atoms with van der Waals surface area (Å²) in [5, 5.41) is 12.8. The Morgan fingerprint density at radius 3 is 2.78 bits per heavy atom. The van der Waals surface area contributed by atoms with E-state index in [9.17, 15) is 9.90 Å². The lowest BCUT2D eigenvalue weighted by atomic mass is 10.0. The zero-order chi connectivity index (χ0) is 13.2. The number of carbonyl (C=O) groups is 1. The zero-order valence-electron chi connectivity index (χ0n) is 10.5. The highest BCUT2D eigenvalue weighted by Crippen LogP contribution is 2.16. The number of aliphatic hydroxyl groups is 1. The minimum Gasteiger partial charge on any atom is -0.394 e. The molecule has 0 bridgehead atoms. The highest BCUT2D eigenvalue weighted by atomic mass is 16.3. The maximum Gasteiger partial charge on any atom is 0.252 e. The van der Waals surface area contributed by atoms with E-state index in [0.717, 1.165) is 10.9 Å². The second kappa shape index (κ2) is 4.74. The van der Waals surface area contributed by atoms with Gasteiger partial charge in [0.15, 0.2) is 0 Å². The third kappa shape index (κ3) is 2.49. The van der Waals surface area contributed by atoms with E-state index in [2.05, 4.69) is 10.3 Å². The van der Waals surface area contributed by atoms with Crippen LogP contribution in [0.5, 0.6) is 0 Å². The number of hydrogen-bond acceptors (Lipinski definition) is 3. The van der Waals surface area contributed by atoms with Crippen molar-refractivity contribution in [1.29, 1.82) is 0 Å². The van der Waals surface area contributed by atoms with Crippen molar-refractivity contribution < 1.29 is 9.90 Å². The maximum atomic E-state index is 12.2. The second-order valence-electron chi connectivity index (χ2n) is 4.87. The first-order valence-corrected chi connectivity index (χ1v) is 5.81. The predicted octanol–water partition coefficient (Wildman–Crippen LogP) is 1.74. The number of benzene rings is 1. The third-order valence-electron chi connectivity index (χ3n) is 2.74. The molecule has 0 aliphatic rings. The van der Waals surface area contributed by atoms with Crippen LogP contribution < -0.4 is 5.32 Å². The zero-order valence-corrected chi connectivity index (χ0v) is 10.5. The van der Waals surface area contributed by atoms with Crippen LogP contribution in [0.3, 0.4) is 0 Å². The van der Waals surface area contributed by atoms with Crippen molar-refractivity contribution in [2.24, 2.45) is 0 Å². The Bertz CT molecular complexity index is 574. The lowest BCUT2D eigenvalue weighted by Gasteiger charge is -2.23. The van der Waals surface area contributed by atoms with Gasteiger partial charge in [0, 0.05) is 11.6 Å². The number of aromatic nitrogens is 1. The largest absolute Gasteiger partial charge is 0.394 e. The Balaban J connectivity index is 2.39. The van der Waals surface area contributed by atoms with Crippen LogP contribution in [-0.2, 0) is 0 Å². The number of para-hydroxylation sites is 1. The number of aliphatic hydroxyl groups excluding tert-OH is 1. The van der Waals surface area contributed by atoms with Crippen molar-refractivity contribution in [3.63, 3.8) is 0 Å². The topological polar surface area (TPSA) is 62.2 Å². The molecular formula is C14H16N2O2. The van der Waals surface area contributed by atoms with Gasteiger partial charge < -0.3 is 10.4 Å². The quantitative estimate of drug-likeness (QED) is 0.864. The Hall–Kier alpha value is -1.94. The van der Waals surface area contributed by atoms with Crippen LogP contribution in [-0.4, -0.2) is 28.1 Å². The normalized spacial score (nSPS) is 11.5. The van der Waals surface area contributed by atoms with Gasteiger partial charge in [-0.05, 0) is 26.0 Å². The van der Waals surface area contributed by atoms with Crippen molar-refractivity contribution in [2.75, 3.05) is 6.61 Å². The van der Waals surface area contributed by atoms with Crippen molar-refractivity contribution in [3.05, 3.63) is 42.1 Å². The molecule has 0 saturated heterocycles. The van der Waals surface area contributed by atoms with E-state index in [0.29, 0.717) is 5.56 Å². The standard InChI is InChI=1S/C14H16N2O2/c1-14(2,9-17)16-13(18)11-7-8-15-12-6-4-3-5-10(11)12/h3-8,17H,9H2,1-2H3,(H,16,18). The summed E-state index contributed by atoms with van der Waals surface area (Å²) in [4.78, 5) is 16.4. The molecule has 2 aromatic rings. The molecule has 94 valence electrons. The highest BCUT2D eigenvalue weighted by molar-refractivity contribution is 6.06. The van der Waals surface area contributed by atoms with E-state index < -0.39 is 5.54 Å². The first kappa shape index (κ1) is 12.5. The monoisotopic (exact) mass is 244 g/mol. The number of carbonyl (C=O) groups excluding carboxylic acids is 1. The SMILES string of the molecule is CC(C)(CO)NC(=O)c1ccnc2ccccc12. The Morgan fingerprint density at radius 2 is 2.06 bits per heavy atom. The Morgan fingerprint density at radius 1 is 1.33 bits per heavy atom. The van der Waals surface area contributed by atoms with E-state index >= 15 is 0 Å². The molecule has 0 atom stereocenters. The lowest BCUT2D eigenvalue weighted by Crippen LogP contribution is -2.46. The van der Waals surface area contributed by atoms with Crippen LogP contribution in [0.15, 0.2) is 36.5 Å². The summed E-state index contributed by atoms with van der Waals surface area (Å²) in [5.74, 6) is -0.201. The molecule has 4 heteroatoms. The van der Waals surface area contributed by atoms with Crippen LogP contribution in [0.25, 0.3) is 10.9 Å². The van der Waals surface area contributed by atoms with Gasteiger partial charge in [-0.1, -0.05) is 18.2 Å². The van der Waals surface area contributed by atoms with Crippen molar-refractivity contribution in [2.45, 2.75) is 19.4 Å². The van der Waals surface area contributed by atoms with Gasteiger partial charge in [0.25, 0.3) is 5.91 Å². The average molecular weight is 244 g/mol. The molecule has 2 N–H and O–H groups in total. The number of nitrogens with zero attached hydrogens (tertiary/aromatic N) is 1. The number of nitrogens with one attached hydrogen (secondary N) is 1. The molecule has 1 aromatic heterocycles. The van der Waals surface area contributed by atoms with Gasteiger partial charge in [-0.2, -0.15) is 0 Å². The van der Waals surface area contributed by atoms with Gasteiger partial charge in [-0.15, -0.1) is 0 Å². The summed E-state index contributed by atoms with van der Waals surface area (Å²) in [6, 6.07) is 9.17. The minimum absolute atomic E-state index is 0.109. The maximum absolute atomic E-state index is 12.2. The molecule has 1 amide bonds. The molecule has 1 aromatic carbocycles.